The molecule has 0 bridgehead atoms. The van der Waals surface area contributed by atoms with Gasteiger partial charge in [0.2, 0.25) is 0 Å². The number of nitrogens with two attached hydrogens (primary N) is 1. The fraction of sp³-hybridized carbons (Fsp3) is 1.00. The van der Waals surface area contributed by atoms with Gasteiger partial charge in [0.05, 0.1) is 0 Å². The Hall–Kier alpha value is -0.0800. The van der Waals surface area contributed by atoms with Crippen molar-refractivity contribution in [1.82, 2.24) is 5.32 Å². The number of hydrogen-bond acceptors (Lipinski definition) is 2. The van der Waals surface area contributed by atoms with Crippen molar-refractivity contribution >= 4 is 0 Å². The maximum absolute atomic E-state index is 5.56. The normalized spacial score (nSPS) is 12.8. The predicted octanol–water partition coefficient (Wildman–Crippen LogP) is 4.62. The number of hydrogen-bond donors (Lipinski definition) is 2. The molecule has 0 aliphatic rings. The molecule has 116 valence electrons. The highest BCUT2D eigenvalue weighted by Crippen LogP contribution is 2.11. The van der Waals surface area contributed by atoms with Crippen LogP contribution in [0.2, 0.25) is 0 Å². The van der Waals surface area contributed by atoms with Crippen molar-refractivity contribution in [3.8, 4) is 0 Å². The monoisotopic (exact) mass is 270 g/mol. The van der Waals surface area contributed by atoms with E-state index in [0.717, 1.165) is 13.1 Å². The zero-order chi connectivity index (χ0) is 14.2. The zero-order valence-electron chi connectivity index (χ0n) is 13.6. The zero-order valence-corrected chi connectivity index (χ0v) is 13.6. The van der Waals surface area contributed by atoms with Crippen molar-refractivity contribution in [1.29, 1.82) is 0 Å². The first-order valence-electron chi connectivity index (χ1n) is 8.74. The van der Waals surface area contributed by atoms with Crippen LogP contribution in [0.25, 0.3) is 0 Å². The van der Waals surface area contributed by atoms with Crippen LogP contribution in [0.15, 0.2) is 0 Å². The van der Waals surface area contributed by atoms with Gasteiger partial charge in [-0.25, -0.2) is 0 Å². The standard InChI is InChI=1S/C17H38N2/c1-3-4-5-6-7-8-9-10-11-12-13-14-15-19-17(2)16-18/h17,19H,3-16,18H2,1-2H3. The van der Waals surface area contributed by atoms with Gasteiger partial charge < -0.3 is 11.1 Å². The van der Waals surface area contributed by atoms with Gasteiger partial charge in [0.15, 0.2) is 0 Å². The summed E-state index contributed by atoms with van der Waals surface area (Å²) in [5.41, 5.74) is 5.56. The van der Waals surface area contributed by atoms with Crippen molar-refractivity contribution in [2.75, 3.05) is 13.1 Å². The van der Waals surface area contributed by atoms with E-state index in [1.54, 1.807) is 0 Å². The Balaban J connectivity index is 2.95. The minimum absolute atomic E-state index is 0.479. The quantitative estimate of drug-likeness (QED) is 0.426. The van der Waals surface area contributed by atoms with E-state index < -0.39 is 0 Å². The van der Waals surface area contributed by atoms with E-state index in [0.29, 0.717) is 6.04 Å². The van der Waals surface area contributed by atoms with E-state index in [-0.39, 0.29) is 0 Å². The molecule has 0 rings (SSSR count). The Bertz CT molecular complexity index is 159. The van der Waals surface area contributed by atoms with Crippen molar-refractivity contribution in [2.24, 2.45) is 5.73 Å². The summed E-state index contributed by atoms with van der Waals surface area (Å²) in [4.78, 5) is 0. The first-order valence-corrected chi connectivity index (χ1v) is 8.74. The average Bonchev–Trinajstić information content (AvgIpc) is 2.43. The summed E-state index contributed by atoms with van der Waals surface area (Å²) in [6.45, 7) is 6.32. The summed E-state index contributed by atoms with van der Waals surface area (Å²) >= 11 is 0. The average molecular weight is 271 g/mol. The second kappa shape index (κ2) is 16.0. The number of rotatable bonds is 15. The van der Waals surface area contributed by atoms with Gasteiger partial charge in [-0.1, -0.05) is 77.6 Å². The molecular weight excluding hydrogens is 232 g/mol. The molecule has 2 nitrogen and oxygen atoms in total. The van der Waals surface area contributed by atoms with Gasteiger partial charge >= 0.3 is 0 Å². The van der Waals surface area contributed by atoms with Gasteiger partial charge in [0.25, 0.3) is 0 Å². The highest BCUT2D eigenvalue weighted by atomic mass is 14.9. The first kappa shape index (κ1) is 18.9. The molecule has 0 aromatic carbocycles. The fourth-order valence-corrected chi connectivity index (χ4v) is 2.40. The van der Waals surface area contributed by atoms with Crippen LogP contribution in [0.5, 0.6) is 0 Å². The topological polar surface area (TPSA) is 38.0 Å². The predicted molar refractivity (Wildman–Crippen MR) is 87.6 cm³/mol. The lowest BCUT2D eigenvalue weighted by atomic mass is 10.1. The van der Waals surface area contributed by atoms with Gasteiger partial charge in [-0.2, -0.15) is 0 Å². The first-order chi connectivity index (χ1) is 9.31. The smallest absolute Gasteiger partial charge is 0.0161 e. The number of nitrogens with one attached hydrogen (secondary N) is 1. The molecule has 0 aromatic heterocycles. The molecule has 3 N–H and O–H groups in total. The van der Waals surface area contributed by atoms with Crippen LogP contribution in [-0.4, -0.2) is 19.1 Å². The van der Waals surface area contributed by atoms with Gasteiger partial charge in [-0.15, -0.1) is 0 Å². The molecule has 0 saturated heterocycles. The maximum Gasteiger partial charge on any atom is 0.0161 e. The second-order valence-electron chi connectivity index (χ2n) is 5.98. The molecule has 1 atom stereocenters. The lowest BCUT2D eigenvalue weighted by Gasteiger charge is -2.10. The van der Waals surface area contributed by atoms with Gasteiger partial charge in [0, 0.05) is 12.6 Å². The largest absolute Gasteiger partial charge is 0.329 e. The van der Waals surface area contributed by atoms with Crippen LogP contribution in [0, 0.1) is 0 Å². The van der Waals surface area contributed by atoms with Crippen molar-refractivity contribution in [2.45, 2.75) is 96.9 Å². The van der Waals surface area contributed by atoms with Gasteiger partial charge in [-0.05, 0) is 19.9 Å². The lowest BCUT2D eigenvalue weighted by Crippen LogP contribution is -2.33. The Morgan fingerprint density at radius 1 is 0.737 bits per heavy atom. The molecule has 0 aromatic rings. The van der Waals surface area contributed by atoms with Crippen LogP contribution in [0.4, 0.5) is 0 Å². The molecule has 0 fully saturated rings. The third-order valence-electron chi connectivity index (χ3n) is 3.88. The van der Waals surface area contributed by atoms with E-state index in [1.807, 2.05) is 0 Å². The summed E-state index contributed by atoms with van der Waals surface area (Å²) in [6, 6.07) is 0.479. The summed E-state index contributed by atoms with van der Waals surface area (Å²) in [6.07, 6.45) is 17.0. The fourth-order valence-electron chi connectivity index (χ4n) is 2.40. The molecule has 0 saturated carbocycles. The van der Waals surface area contributed by atoms with E-state index in [1.165, 1.54) is 77.0 Å². The Morgan fingerprint density at radius 2 is 1.16 bits per heavy atom. The van der Waals surface area contributed by atoms with Crippen molar-refractivity contribution in [3.63, 3.8) is 0 Å². The van der Waals surface area contributed by atoms with Crippen LogP contribution in [0.3, 0.4) is 0 Å². The minimum atomic E-state index is 0.479. The molecule has 0 aliphatic carbocycles. The molecule has 0 amide bonds. The van der Waals surface area contributed by atoms with Crippen molar-refractivity contribution < 1.29 is 0 Å². The lowest BCUT2D eigenvalue weighted by molar-refractivity contribution is 0.510. The molecule has 1 unspecified atom stereocenters. The summed E-state index contributed by atoms with van der Waals surface area (Å²) in [5, 5.41) is 3.44. The number of unbranched alkanes of at least 4 members (excludes halogenated alkanes) is 11. The molecule has 0 heterocycles. The molecule has 0 spiro atoms. The SMILES string of the molecule is CCCCCCCCCCCCCCNC(C)CN. The summed E-state index contributed by atoms with van der Waals surface area (Å²) in [5.74, 6) is 0. The highest BCUT2D eigenvalue weighted by Gasteiger charge is 1.96. The van der Waals surface area contributed by atoms with E-state index in [9.17, 15) is 0 Å². The van der Waals surface area contributed by atoms with E-state index >= 15 is 0 Å². The Kier molecular flexibility index (Phi) is 15.9. The van der Waals surface area contributed by atoms with Gasteiger partial charge in [-0.3, -0.25) is 0 Å². The third kappa shape index (κ3) is 15.9. The Morgan fingerprint density at radius 3 is 1.58 bits per heavy atom. The third-order valence-corrected chi connectivity index (χ3v) is 3.88. The second-order valence-corrected chi connectivity index (χ2v) is 5.98. The van der Waals surface area contributed by atoms with Gasteiger partial charge in [0.1, 0.15) is 0 Å². The summed E-state index contributed by atoms with van der Waals surface area (Å²) < 4.78 is 0. The van der Waals surface area contributed by atoms with Crippen LogP contribution in [-0.2, 0) is 0 Å². The molecule has 19 heavy (non-hydrogen) atoms. The van der Waals surface area contributed by atoms with Crippen molar-refractivity contribution in [3.05, 3.63) is 0 Å². The maximum atomic E-state index is 5.56. The van der Waals surface area contributed by atoms with Crippen LogP contribution >= 0.6 is 0 Å². The van der Waals surface area contributed by atoms with Crippen LogP contribution in [0.1, 0.15) is 90.9 Å². The molecule has 0 radical (unpaired) electrons. The minimum Gasteiger partial charge on any atom is -0.329 e. The molecular formula is C17H38N2. The van der Waals surface area contributed by atoms with Crippen LogP contribution < -0.4 is 11.1 Å². The Labute approximate surface area is 121 Å². The molecule has 0 aliphatic heterocycles. The summed E-state index contributed by atoms with van der Waals surface area (Å²) in [7, 11) is 0. The molecule has 2 heteroatoms. The van der Waals surface area contributed by atoms with E-state index in [2.05, 4.69) is 19.2 Å². The van der Waals surface area contributed by atoms with E-state index in [4.69, 9.17) is 5.73 Å². The highest BCUT2D eigenvalue weighted by molar-refractivity contribution is 4.60.